The second kappa shape index (κ2) is 5.98. The van der Waals surface area contributed by atoms with Crippen molar-refractivity contribution >= 4 is 10.1 Å². The van der Waals surface area contributed by atoms with Gasteiger partial charge in [-0.2, -0.15) is 34.8 Å². The van der Waals surface area contributed by atoms with Crippen molar-refractivity contribution in [3.63, 3.8) is 0 Å². The van der Waals surface area contributed by atoms with E-state index in [1.807, 2.05) is 0 Å². The fourth-order valence-electron chi connectivity index (χ4n) is 1.05. The Hall–Kier alpha value is -0.860. The van der Waals surface area contributed by atoms with Gasteiger partial charge in [-0.3, -0.25) is 4.55 Å². The van der Waals surface area contributed by atoms with Crippen LogP contribution in [0.3, 0.4) is 0 Å². The van der Waals surface area contributed by atoms with E-state index in [9.17, 15) is 56.7 Å². The van der Waals surface area contributed by atoms with Crippen molar-refractivity contribution in [2.75, 3.05) is 0 Å². The first-order chi connectivity index (χ1) is 9.42. The third-order valence-corrected chi connectivity index (χ3v) is 3.07. The van der Waals surface area contributed by atoms with Crippen molar-refractivity contribution in [2.24, 2.45) is 0 Å². The largest absolute Gasteiger partial charge is 0.379 e. The zero-order valence-corrected chi connectivity index (χ0v) is 10.5. The van der Waals surface area contributed by atoms with Gasteiger partial charge in [-0.1, -0.05) is 0 Å². The second-order valence-corrected chi connectivity index (χ2v) is 5.28. The number of rotatable bonds is 7. The highest BCUT2D eigenvalue weighted by Crippen LogP contribution is 2.52. The first kappa shape index (κ1) is 21.1. The topological polar surface area (TPSA) is 54.4 Å². The molecule has 3 unspecified atom stereocenters. The van der Waals surface area contributed by atoms with Crippen LogP contribution in [-0.4, -0.2) is 55.0 Å². The molecule has 0 saturated heterocycles. The van der Waals surface area contributed by atoms with Gasteiger partial charge in [0.15, 0.2) is 6.17 Å². The molecule has 0 rings (SSSR count). The highest BCUT2D eigenvalue weighted by atomic mass is 32.2. The minimum Gasteiger partial charge on any atom is -0.283 e. The Morgan fingerprint density at radius 2 is 1.14 bits per heavy atom. The van der Waals surface area contributed by atoms with E-state index in [0.29, 0.717) is 0 Å². The normalized spacial score (nSPS) is 19.1. The van der Waals surface area contributed by atoms with Crippen LogP contribution in [0.1, 0.15) is 0 Å². The Bertz CT molecular complexity index is 490. The van der Waals surface area contributed by atoms with Crippen LogP contribution < -0.4 is 0 Å². The van der Waals surface area contributed by atoms with E-state index in [-0.39, 0.29) is 0 Å². The maximum absolute atomic E-state index is 12.9. The zero-order chi connectivity index (χ0) is 18.3. The van der Waals surface area contributed by atoms with Gasteiger partial charge in [0.2, 0.25) is 6.17 Å². The second-order valence-electron chi connectivity index (χ2n) is 3.83. The Labute approximate surface area is 114 Å². The average Bonchev–Trinajstić information content (AvgIpc) is 2.33. The van der Waals surface area contributed by atoms with Gasteiger partial charge >= 0.3 is 27.9 Å². The summed E-state index contributed by atoms with van der Waals surface area (Å²) in [5.74, 6) is -21.2. The predicted molar refractivity (Wildman–Crippen MR) is 47.1 cm³/mol. The number of halogens is 11. The van der Waals surface area contributed by atoms with E-state index in [1.165, 1.54) is 0 Å². The molecule has 0 radical (unpaired) electrons. The summed E-state index contributed by atoms with van der Waals surface area (Å²) in [4.78, 5) is 0. The van der Waals surface area contributed by atoms with Crippen molar-refractivity contribution in [3.05, 3.63) is 0 Å². The van der Waals surface area contributed by atoms with Gasteiger partial charge in [-0.15, -0.1) is 0 Å². The molecule has 15 heteroatoms. The monoisotopic (exact) mass is 378 g/mol. The molecule has 0 aromatic heterocycles. The quantitative estimate of drug-likeness (QED) is 0.548. The van der Waals surface area contributed by atoms with E-state index in [2.05, 4.69) is 0 Å². The molecule has 0 amide bonds. The lowest BCUT2D eigenvalue weighted by Gasteiger charge is -2.35. The Morgan fingerprint density at radius 1 is 0.773 bits per heavy atom. The molecule has 1 N–H and O–H groups in total. The summed E-state index contributed by atoms with van der Waals surface area (Å²) in [6.45, 7) is 0. The zero-order valence-electron chi connectivity index (χ0n) is 9.64. The van der Waals surface area contributed by atoms with Crippen LogP contribution in [0, 0.1) is 0 Å². The summed E-state index contributed by atoms with van der Waals surface area (Å²) in [5.41, 5.74) is -5.35. The number of alkyl halides is 11. The number of hydrogen-bond donors (Lipinski definition) is 1. The average molecular weight is 378 g/mol. The molecule has 134 valence electrons. The fourth-order valence-corrected chi connectivity index (χ4v) is 1.57. The van der Waals surface area contributed by atoms with Gasteiger partial charge in [-0.05, 0) is 0 Å². The molecule has 0 saturated carbocycles. The van der Waals surface area contributed by atoms with Crippen molar-refractivity contribution in [1.82, 2.24) is 0 Å². The van der Waals surface area contributed by atoms with E-state index in [1.54, 1.807) is 0 Å². The molecule has 0 aromatic rings. The molecule has 0 aliphatic carbocycles. The van der Waals surface area contributed by atoms with Gasteiger partial charge in [0.25, 0.3) is 11.9 Å². The van der Waals surface area contributed by atoms with Crippen LogP contribution in [0.4, 0.5) is 48.3 Å². The minimum absolute atomic E-state index is 4.62. The SMILES string of the molecule is O=S(=O)(O)C(F)C(F)(F)C(F)(F)C(F)(F)C(F)C(F)C(F)F. The van der Waals surface area contributed by atoms with Crippen molar-refractivity contribution < 1.29 is 61.3 Å². The molecule has 3 nitrogen and oxygen atoms in total. The highest BCUT2D eigenvalue weighted by Gasteiger charge is 2.80. The summed E-state index contributed by atoms with van der Waals surface area (Å²) < 4.78 is 166. The maximum atomic E-state index is 12.9. The minimum atomic E-state index is -7.27. The summed E-state index contributed by atoms with van der Waals surface area (Å²) in [6, 6.07) is 0. The lowest BCUT2D eigenvalue weighted by atomic mass is 9.98. The third kappa shape index (κ3) is 3.38. The lowest BCUT2D eigenvalue weighted by molar-refractivity contribution is -0.338. The fraction of sp³-hybridized carbons (Fsp3) is 1.00. The Morgan fingerprint density at radius 3 is 1.41 bits per heavy atom. The Balaban J connectivity index is 5.88. The van der Waals surface area contributed by atoms with Crippen LogP contribution in [0.25, 0.3) is 0 Å². The van der Waals surface area contributed by atoms with Gasteiger partial charge in [0.1, 0.15) is 0 Å². The third-order valence-electron chi connectivity index (χ3n) is 2.25. The van der Waals surface area contributed by atoms with E-state index in [0.717, 1.165) is 0 Å². The first-order valence-electron chi connectivity index (χ1n) is 4.72. The standard InChI is InChI=1S/C7H5F11O3S/c8-1(3(10)11)2(9)5(13,14)7(17,18)6(15,16)4(12)22(19,20)21/h1-4H,(H,19,20,21). The van der Waals surface area contributed by atoms with Crippen molar-refractivity contribution in [1.29, 1.82) is 0 Å². The smallest absolute Gasteiger partial charge is 0.283 e. The molecule has 0 aliphatic rings. The molecule has 0 spiro atoms. The molecule has 0 fully saturated rings. The lowest BCUT2D eigenvalue weighted by Crippen LogP contribution is -2.64. The molecule has 0 aliphatic heterocycles. The summed E-state index contributed by atoms with van der Waals surface area (Å²) >= 11 is 0. The van der Waals surface area contributed by atoms with Crippen LogP contribution in [0.2, 0.25) is 0 Å². The molecule has 3 atom stereocenters. The number of hydrogen-bond acceptors (Lipinski definition) is 2. The van der Waals surface area contributed by atoms with Gasteiger partial charge in [-0.25, -0.2) is 22.0 Å². The molecular formula is C7H5F11O3S. The van der Waals surface area contributed by atoms with Crippen molar-refractivity contribution in [2.45, 2.75) is 42.0 Å². The van der Waals surface area contributed by atoms with Crippen LogP contribution >= 0.6 is 0 Å². The van der Waals surface area contributed by atoms with Crippen molar-refractivity contribution in [3.8, 4) is 0 Å². The summed E-state index contributed by atoms with van der Waals surface area (Å²) in [5, 5.41) is 0. The summed E-state index contributed by atoms with van der Waals surface area (Å²) in [6.07, 6.45) is -14.5. The molecule has 22 heavy (non-hydrogen) atoms. The highest BCUT2D eigenvalue weighted by molar-refractivity contribution is 7.86. The summed E-state index contributed by atoms with van der Waals surface area (Å²) in [7, 11) is -6.66. The predicted octanol–water partition coefficient (Wildman–Crippen LogP) is 3.02. The Kier molecular flexibility index (Phi) is 5.74. The van der Waals surface area contributed by atoms with E-state index < -0.39 is 52.2 Å². The maximum Gasteiger partial charge on any atom is 0.379 e. The van der Waals surface area contributed by atoms with Gasteiger partial charge in [0.05, 0.1) is 0 Å². The van der Waals surface area contributed by atoms with Crippen LogP contribution in [0.15, 0.2) is 0 Å². The molecule has 0 aromatic carbocycles. The van der Waals surface area contributed by atoms with Crippen LogP contribution in [0.5, 0.6) is 0 Å². The van der Waals surface area contributed by atoms with E-state index in [4.69, 9.17) is 4.55 Å². The molecular weight excluding hydrogens is 373 g/mol. The first-order valence-corrected chi connectivity index (χ1v) is 6.22. The van der Waals surface area contributed by atoms with Gasteiger partial charge in [0, 0.05) is 0 Å². The molecule has 0 bridgehead atoms. The van der Waals surface area contributed by atoms with E-state index >= 15 is 0 Å². The van der Waals surface area contributed by atoms with Crippen LogP contribution in [-0.2, 0) is 10.1 Å². The molecule has 0 heterocycles. The van der Waals surface area contributed by atoms with Gasteiger partial charge < -0.3 is 0 Å².